The third-order valence-corrected chi connectivity index (χ3v) is 5.63. The highest BCUT2D eigenvalue weighted by Gasteiger charge is 2.41. The number of rotatable bonds is 3. The van der Waals surface area contributed by atoms with Crippen LogP contribution in [0.25, 0.3) is 11.1 Å². The van der Waals surface area contributed by atoms with Crippen LogP contribution in [0.1, 0.15) is 35.5 Å². The van der Waals surface area contributed by atoms with Gasteiger partial charge in [-0.25, -0.2) is 4.39 Å². The number of alkyl halides is 4. The number of anilines is 1. The van der Waals surface area contributed by atoms with E-state index in [1.807, 2.05) is 6.07 Å². The molecule has 166 valence electrons. The third-order valence-electron chi connectivity index (χ3n) is 5.63. The van der Waals surface area contributed by atoms with Crippen molar-refractivity contribution < 1.29 is 17.6 Å². The van der Waals surface area contributed by atoms with E-state index in [4.69, 9.17) is 0 Å². The molecule has 2 aromatic heterocycles. The fourth-order valence-electron chi connectivity index (χ4n) is 4.06. The standard InChI is InChI=1S/C21H19F4N7/c1-13-7-15(11-27-29-13)17-9-16(21(23,24)25)8-14(10-26)18(17)32-5-3-20(22,4-6-32)19-30-28-12-31(19)2/h7-9,11-12H,3-6H2,1-2H3. The van der Waals surface area contributed by atoms with E-state index in [9.17, 15) is 18.4 Å². The summed E-state index contributed by atoms with van der Waals surface area (Å²) in [6, 6.07) is 5.34. The zero-order chi connectivity index (χ0) is 23.1. The Hall–Kier alpha value is -3.55. The van der Waals surface area contributed by atoms with Crippen LogP contribution in [0.3, 0.4) is 0 Å². The van der Waals surface area contributed by atoms with Crippen LogP contribution < -0.4 is 4.90 Å². The lowest BCUT2D eigenvalue weighted by molar-refractivity contribution is -0.137. The van der Waals surface area contributed by atoms with Gasteiger partial charge in [-0.2, -0.15) is 28.6 Å². The van der Waals surface area contributed by atoms with E-state index >= 15 is 4.39 Å². The van der Waals surface area contributed by atoms with Crippen LogP contribution in [0, 0.1) is 18.3 Å². The Kier molecular flexibility index (Phi) is 5.32. The van der Waals surface area contributed by atoms with Gasteiger partial charge >= 0.3 is 6.18 Å². The van der Waals surface area contributed by atoms with Crippen LogP contribution in [-0.4, -0.2) is 38.1 Å². The number of aromatic nitrogens is 5. The van der Waals surface area contributed by atoms with Crippen molar-refractivity contribution in [1.29, 1.82) is 5.26 Å². The van der Waals surface area contributed by atoms with Crippen molar-refractivity contribution in [3.8, 4) is 17.2 Å². The largest absolute Gasteiger partial charge is 0.416 e. The Morgan fingerprint density at radius 1 is 1.09 bits per heavy atom. The number of piperidine rings is 1. The molecule has 1 aliphatic heterocycles. The maximum atomic E-state index is 15.6. The Bertz CT molecular complexity index is 1190. The van der Waals surface area contributed by atoms with Gasteiger partial charge < -0.3 is 9.47 Å². The Balaban J connectivity index is 1.79. The molecule has 32 heavy (non-hydrogen) atoms. The molecule has 0 amide bonds. The smallest absolute Gasteiger partial charge is 0.370 e. The van der Waals surface area contributed by atoms with Gasteiger partial charge in [0, 0.05) is 44.1 Å². The quantitative estimate of drug-likeness (QED) is 0.568. The summed E-state index contributed by atoms with van der Waals surface area (Å²) in [4.78, 5) is 1.75. The minimum Gasteiger partial charge on any atom is -0.370 e. The van der Waals surface area contributed by atoms with E-state index in [0.29, 0.717) is 16.9 Å². The Labute approximate surface area is 181 Å². The first-order valence-electron chi connectivity index (χ1n) is 9.86. The van der Waals surface area contributed by atoms with Gasteiger partial charge in [0.15, 0.2) is 11.5 Å². The molecule has 0 spiro atoms. The van der Waals surface area contributed by atoms with Crippen LogP contribution in [0.5, 0.6) is 0 Å². The maximum Gasteiger partial charge on any atom is 0.416 e. The lowest BCUT2D eigenvalue weighted by atomic mass is 9.90. The fourth-order valence-corrected chi connectivity index (χ4v) is 4.06. The molecule has 4 rings (SSSR count). The number of nitrogens with zero attached hydrogens (tertiary/aromatic N) is 7. The van der Waals surface area contributed by atoms with Crippen LogP contribution in [-0.2, 0) is 18.9 Å². The predicted molar refractivity (Wildman–Crippen MR) is 107 cm³/mol. The first-order valence-corrected chi connectivity index (χ1v) is 9.86. The molecule has 0 bridgehead atoms. The number of hydrogen-bond donors (Lipinski definition) is 0. The van der Waals surface area contributed by atoms with E-state index < -0.39 is 17.4 Å². The lowest BCUT2D eigenvalue weighted by Gasteiger charge is -2.38. The van der Waals surface area contributed by atoms with Crippen molar-refractivity contribution in [2.24, 2.45) is 7.05 Å². The second-order valence-electron chi connectivity index (χ2n) is 7.83. The van der Waals surface area contributed by atoms with Crippen molar-refractivity contribution in [2.45, 2.75) is 31.6 Å². The van der Waals surface area contributed by atoms with Crippen molar-refractivity contribution in [3.05, 3.63) is 53.4 Å². The van der Waals surface area contributed by atoms with Crippen molar-refractivity contribution in [2.75, 3.05) is 18.0 Å². The van der Waals surface area contributed by atoms with Gasteiger partial charge in [-0.05, 0) is 25.1 Å². The summed E-state index contributed by atoms with van der Waals surface area (Å²) in [7, 11) is 1.66. The molecule has 1 fully saturated rings. The second kappa shape index (κ2) is 7.85. The van der Waals surface area contributed by atoms with Gasteiger partial charge in [0.05, 0.1) is 28.7 Å². The van der Waals surface area contributed by atoms with Gasteiger partial charge in [0.1, 0.15) is 12.4 Å². The summed E-state index contributed by atoms with van der Waals surface area (Å²) >= 11 is 0. The highest BCUT2D eigenvalue weighted by Crippen LogP contribution is 2.43. The first-order chi connectivity index (χ1) is 15.1. The first kappa shape index (κ1) is 21.7. The van der Waals surface area contributed by atoms with Gasteiger partial charge in [0.25, 0.3) is 0 Å². The average molecular weight is 445 g/mol. The highest BCUT2D eigenvalue weighted by molar-refractivity contribution is 5.83. The van der Waals surface area contributed by atoms with Gasteiger partial charge in [-0.3, -0.25) is 0 Å². The topological polar surface area (TPSA) is 83.5 Å². The maximum absolute atomic E-state index is 15.6. The average Bonchev–Trinajstić information content (AvgIpc) is 3.19. The zero-order valence-corrected chi connectivity index (χ0v) is 17.4. The van der Waals surface area contributed by atoms with Gasteiger partial charge in [0.2, 0.25) is 0 Å². The van der Waals surface area contributed by atoms with E-state index in [-0.39, 0.29) is 42.9 Å². The molecule has 0 atom stereocenters. The zero-order valence-electron chi connectivity index (χ0n) is 17.4. The summed E-state index contributed by atoms with van der Waals surface area (Å²) in [6.07, 6.45) is -1.74. The molecule has 3 aromatic rings. The molecular weight excluding hydrogens is 426 g/mol. The highest BCUT2D eigenvalue weighted by atomic mass is 19.4. The van der Waals surface area contributed by atoms with Crippen molar-refractivity contribution in [1.82, 2.24) is 25.0 Å². The van der Waals surface area contributed by atoms with Gasteiger partial charge in [-0.1, -0.05) is 0 Å². The summed E-state index contributed by atoms with van der Waals surface area (Å²) in [5, 5.41) is 25.0. The van der Waals surface area contributed by atoms with Crippen LogP contribution in [0.4, 0.5) is 23.2 Å². The Morgan fingerprint density at radius 2 is 1.81 bits per heavy atom. The van der Waals surface area contributed by atoms with E-state index in [2.05, 4.69) is 20.4 Å². The molecule has 0 unspecified atom stereocenters. The summed E-state index contributed by atoms with van der Waals surface area (Å²) < 4.78 is 57.7. The second-order valence-corrected chi connectivity index (χ2v) is 7.83. The summed E-state index contributed by atoms with van der Waals surface area (Å²) in [5.74, 6) is 0.208. The Morgan fingerprint density at radius 3 is 2.38 bits per heavy atom. The minimum absolute atomic E-state index is 0.0541. The molecule has 0 radical (unpaired) electrons. The van der Waals surface area contributed by atoms with E-state index in [1.54, 1.807) is 24.9 Å². The molecule has 7 nitrogen and oxygen atoms in total. The molecule has 1 saturated heterocycles. The minimum atomic E-state index is -4.63. The number of hydrogen-bond acceptors (Lipinski definition) is 6. The van der Waals surface area contributed by atoms with Crippen LogP contribution in [0.2, 0.25) is 0 Å². The summed E-state index contributed by atoms with van der Waals surface area (Å²) in [6.45, 7) is 2.05. The molecule has 0 N–H and O–H groups in total. The summed E-state index contributed by atoms with van der Waals surface area (Å²) in [5.41, 5.74) is -1.32. The lowest BCUT2D eigenvalue weighted by Crippen LogP contribution is -2.42. The molecular formula is C21H19F4N7. The third kappa shape index (κ3) is 3.88. The number of nitriles is 1. The number of benzene rings is 1. The fraction of sp³-hybridized carbons (Fsp3) is 0.381. The number of halogens is 4. The van der Waals surface area contributed by atoms with E-state index in [0.717, 1.165) is 12.1 Å². The normalized spacial score (nSPS) is 16.1. The molecule has 0 aliphatic carbocycles. The van der Waals surface area contributed by atoms with Crippen LogP contribution >= 0.6 is 0 Å². The molecule has 0 saturated carbocycles. The molecule has 11 heteroatoms. The SMILES string of the molecule is Cc1cc(-c2cc(C(F)(F)F)cc(C#N)c2N2CCC(F)(c3nncn3C)CC2)cnn1. The predicted octanol–water partition coefficient (Wildman–Crippen LogP) is 3.94. The number of aryl methyl sites for hydroxylation is 2. The van der Waals surface area contributed by atoms with E-state index in [1.165, 1.54) is 17.1 Å². The van der Waals surface area contributed by atoms with Gasteiger partial charge in [-0.15, -0.1) is 10.2 Å². The molecule has 1 aliphatic rings. The van der Waals surface area contributed by atoms with Crippen molar-refractivity contribution >= 4 is 5.69 Å². The van der Waals surface area contributed by atoms with Crippen LogP contribution in [0.15, 0.2) is 30.7 Å². The van der Waals surface area contributed by atoms with Crippen molar-refractivity contribution in [3.63, 3.8) is 0 Å². The molecule has 1 aromatic carbocycles. The monoisotopic (exact) mass is 445 g/mol. The molecule has 3 heterocycles.